The fourth-order valence-electron chi connectivity index (χ4n) is 1.07. The van der Waals surface area contributed by atoms with Crippen LogP contribution >= 0.6 is 0 Å². The second-order valence-electron chi connectivity index (χ2n) is 3.36. The molecule has 1 rings (SSSR count). The molecule has 0 heterocycles. The van der Waals surface area contributed by atoms with Gasteiger partial charge in [-0.2, -0.15) is 13.2 Å². The van der Waals surface area contributed by atoms with Gasteiger partial charge in [0.15, 0.2) is 0 Å². The van der Waals surface area contributed by atoms with Gasteiger partial charge in [0, 0.05) is 11.7 Å². The molecule has 1 atom stereocenters. The molecule has 3 nitrogen and oxygen atoms in total. The first-order valence-corrected chi connectivity index (χ1v) is 4.54. The Labute approximate surface area is 90.4 Å². The number of carbonyl (C=O) groups excluding carboxylic acids is 1. The molecule has 0 aromatic heterocycles. The van der Waals surface area contributed by atoms with Crippen LogP contribution in [-0.2, 0) is 4.79 Å². The number of amides is 1. The zero-order chi connectivity index (χ0) is 12.3. The molecule has 16 heavy (non-hydrogen) atoms. The van der Waals surface area contributed by atoms with Crippen molar-refractivity contribution in [3.05, 3.63) is 29.8 Å². The molecule has 0 spiro atoms. The third-order valence-corrected chi connectivity index (χ3v) is 1.95. The van der Waals surface area contributed by atoms with Crippen LogP contribution in [0.25, 0.3) is 0 Å². The monoisotopic (exact) mass is 232 g/mol. The number of alkyl halides is 3. The predicted molar refractivity (Wildman–Crippen MR) is 53.7 cm³/mol. The van der Waals surface area contributed by atoms with E-state index in [2.05, 4.69) is 0 Å². The summed E-state index contributed by atoms with van der Waals surface area (Å²) in [6.07, 6.45) is -4.88. The summed E-state index contributed by atoms with van der Waals surface area (Å²) in [5.74, 6) is -1.99. The second-order valence-corrected chi connectivity index (χ2v) is 3.36. The van der Waals surface area contributed by atoms with Gasteiger partial charge >= 0.3 is 12.1 Å². The lowest BCUT2D eigenvalue weighted by molar-refractivity contribution is -0.167. The van der Waals surface area contributed by atoms with Crippen molar-refractivity contribution >= 4 is 11.6 Å². The SMILES string of the molecule is CC(N)c1ccc(NC(=O)C(F)(F)F)cc1. The molecule has 1 aromatic carbocycles. The molecule has 88 valence electrons. The summed E-state index contributed by atoms with van der Waals surface area (Å²) < 4.78 is 35.7. The summed E-state index contributed by atoms with van der Waals surface area (Å²) >= 11 is 0. The Morgan fingerprint density at radius 2 is 1.81 bits per heavy atom. The number of nitrogens with two attached hydrogens (primary N) is 1. The molecule has 0 aliphatic rings. The first-order valence-electron chi connectivity index (χ1n) is 4.54. The minimum absolute atomic E-state index is 0.0896. The van der Waals surface area contributed by atoms with Crippen LogP contribution in [0, 0.1) is 0 Å². The van der Waals surface area contributed by atoms with E-state index in [1.165, 1.54) is 12.1 Å². The highest BCUT2D eigenvalue weighted by atomic mass is 19.4. The lowest BCUT2D eigenvalue weighted by atomic mass is 10.1. The van der Waals surface area contributed by atoms with Crippen LogP contribution in [0.15, 0.2) is 24.3 Å². The summed E-state index contributed by atoms with van der Waals surface area (Å²) in [6, 6.07) is 5.69. The van der Waals surface area contributed by atoms with Crippen LogP contribution in [-0.4, -0.2) is 12.1 Å². The predicted octanol–water partition coefficient (Wildman–Crippen LogP) is 2.21. The molecule has 3 N–H and O–H groups in total. The number of benzene rings is 1. The number of hydrogen-bond donors (Lipinski definition) is 2. The standard InChI is InChI=1S/C10H11F3N2O/c1-6(14)7-2-4-8(5-3-7)15-9(16)10(11,12)13/h2-6H,14H2,1H3,(H,15,16). The van der Waals surface area contributed by atoms with E-state index < -0.39 is 12.1 Å². The molecular formula is C10H11F3N2O. The molecule has 6 heteroatoms. The van der Waals surface area contributed by atoms with Gasteiger partial charge in [-0.3, -0.25) is 4.79 Å². The Bertz CT molecular complexity index is 371. The molecule has 1 unspecified atom stereocenters. The maximum Gasteiger partial charge on any atom is 0.471 e. The molecule has 0 bridgehead atoms. The molecule has 0 saturated carbocycles. The summed E-state index contributed by atoms with van der Waals surface area (Å²) in [4.78, 5) is 10.6. The van der Waals surface area contributed by atoms with Crippen LogP contribution in [0.4, 0.5) is 18.9 Å². The highest BCUT2D eigenvalue weighted by molar-refractivity contribution is 5.94. The molecule has 0 aliphatic carbocycles. The third kappa shape index (κ3) is 3.23. The van der Waals surface area contributed by atoms with E-state index in [4.69, 9.17) is 5.73 Å². The van der Waals surface area contributed by atoms with Gasteiger partial charge < -0.3 is 11.1 Å². The largest absolute Gasteiger partial charge is 0.471 e. The number of rotatable bonds is 2. The number of hydrogen-bond acceptors (Lipinski definition) is 2. The van der Waals surface area contributed by atoms with Gasteiger partial charge in [-0.15, -0.1) is 0 Å². The Balaban J connectivity index is 2.73. The van der Waals surface area contributed by atoms with Crippen molar-refractivity contribution < 1.29 is 18.0 Å². The third-order valence-electron chi connectivity index (χ3n) is 1.95. The van der Waals surface area contributed by atoms with Crippen molar-refractivity contribution in [2.45, 2.75) is 19.1 Å². The van der Waals surface area contributed by atoms with Gasteiger partial charge in [-0.1, -0.05) is 12.1 Å². The van der Waals surface area contributed by atoms with E-state index in [1.54, 1.807) is 24.4 Å². The van der Waals surface area contributed by atoms with Gasteiger partial charge in [0.05, 0.1) is 0 Å². The molecule has 0 saturated heterocycles. The van der Waals surface area contributed by atoms with Crippen molar-refractivity contribution in [2.24, 2.45) is 5.73 Å². The van der Waals surface area contributed by atoms with E-state index in [0.29, 0.717) is 0 Å². The van der Waals surface area contributed by atoms with Crippen molar-refractivity contribution in [2.75, 3.05) is 5.32 Å². The van der Waals surface area contributed by atoms with Gasteiger partial charge in [-0.05, 0) is 24.6 Å². The maximum absolute atomic E-state index is 11.9. The van der Waals surface area contributed by atoms with Gasteiger partial charge in [0.1, 0.15) is 0 Å². The van der Waals surface area contributed by atoms with Gasteiger partial charge in [-0.25, -0.2) is 0 Å². The summed E-state index contributed by atoms with van der Waals surface area (Å²) in [5, 5.41) is 1.74. The van der Waals surface area contributed by atoms with E-state index in [0.717, 1.165) is 5.56 Å². The van der Waals surface area contributed by atoms with Crippen molar-refractivity contribution in [3.8, 4) is 0 Å². The Morgan fingerprint density at radius 3 is 2.19 bits per heavy atom. The van der Waals surface area contributed by atoms with E-state index in [9.17, 15) is 18.0 Å². The number of carbonyl (C=O) groups is 1. The van der Waals surface area contributed by atoms with Crippen LogP contribution in [0.3, 0.4) is 0 Å². The Morgan fingerprint density at radius 1 is 1.31 bits per heavy atom. The fraction of sp³-hybridized carbons (Fsp3) is 0.300. The van der Waals surface area contributed by atoms with E-state index in [1.807, 2.05) is 0 Å². The summed E-state index contributed by atoms with van der Waals surface area (Å²) in [7, 11) is 0. The molecule has 0 aliphatic heterocycles. The molecule has 1 aromatic rings. The maximum atomic E-state index is 11.9. The van der Waals surface area contributed by atoms with Crippen LogP contribution in [0.2, 0.25) is 0 Å². The topological polar surface area (TPSA) is 55.1 Å². The minimum atomic E-state index is -4.88. The molecular weight excluding hydrogens is 221 g/mol. The quantitative estimate of drug-likeness (QED) is 0.821. The first-order chi connectivity index (χ1) is 7.30. The lowest BCUT2D eigenvalue weighted by Gasteiger charge is -2.09. The van der Waals surface area contributed by atoms with Gasteiger partial charge in [0.2, 0.25) is 0 Å². The number of halogens is 3. The first kappa shape index (κ1) is 12.5. The number of anilines is 1. The van der Waals surface area contributed by atoms with Gasteiger partial charge in [0.25, 0.3) is 0 Å². The van der Waals surface area contributed by atoms with Crippen molar-refractivity contribution in [3.63, 3.8) is 0 Å². The van der Waals surface area contributed by atoms with Crippen LogP contribution < -0.4 is 11.1 Å². The molecule has 0 fully saturated rings. The zero-order valence-electron chi connectivity index (χ0n) is 8.51. The van der Waals surface area contributed by atoms with Crippen molar-refractivity contribution in [1.82, 2.24) is 0 Å². The highest BCUT2D eigenvalue weighted by Gasteiger charge is 2.38. The Kier molecular flexibility index (Phi) is 3.54. The molecule has 1 amide bonds. The summed E-state index contributed by atoms with van der Waals surface area (Å²) in [5.41, 5.74) is 6.44. The van der Waals surface area contributed by atoms with E-state index in [-0.39, 0.29) is 11.7 Å². The average Bonchev–Trinajstić information content (AvgIpc) is 2.17. The normalized spacial score (nSPS) is 13.3. The lowest BCUT2D eigenvalue weighted by Crippen LogP contribution is -2.29. The second kappa shape index (κ2) is 4.52. The minimum Gasteiger partial charge on any atom is -0.324 e. The fourth-order valence-corrected chi connectivity index (χ4v) is 1.07. The van der Waals surface area contributed by atoms with Crippen LogP contribution in [0.1, 0.15) is 18.5 Å². The van der Waals surface area contributed by atoms with Crippen molar-refractivity contribution in [1.29, 1.82) is 0 Å². The average molecular weight is 232 g/mol. The summed E-state index contributed by atoms with van der Waals surface area (Å²) in [6.45, 7) is 1.75. The van der Waals surface area contributed by atoms with E-state index >= 15 is 0 Å². The van der Waals surface area contributed by atoms with Crippen LogP contribution in [0.5, 0.6) is 0 Å². The zero-order valence-corrected chi connectivity index (χ0v) is 8.51. The Hall–Kier alpha value is -1.56. The highest BCUT2D eigenvalue weighted by Crippen LogP contribution is 2.19. The molecule has 0 radical (unpaired) electrons. The number of nitrogens with one attached hydrogen (secondary N) is 1. The smallest absolute Gasteiger partial charge is 0.324 e.